The summed E-state index contributed by atoms with van der Waals surface area (Å²) in [6.07, 6.45) is 0. The van der Waals surface area contributed by atoms with Crippen molar-refractivity contribution in [1.82, 2.24) is 9.97 Å². The van der Waals surface area contributed by atoms with Gasteiger partial charge >= 0.3 is 0 Å². The lowest BCUT2D eigenvalue weighted by molar-refractivity contribution is 0.419. The van der Waals surface area contributed by atoms with Gasteiger partial charge in [0.2, 0.25) is 5.13 Å². The summed E-state index contributed by atoms with van der Waals surface area (Å²) in [6.45, 7) is 0. The van der Waals surface area contributed by atoms with Gasteiger partial charge in [-0.05, 0) is 36.5 Å². The molecule has 26 heavy (non-hydrogen) atoms. The molecular formula is C17H14N4O2S3. The second kappa shape index (κ2) is 8.20. The number of isothiocyanates is 1. The topological polar surface area (TPSA) is 82.6 Å². The monoisotopic (exact) mass is 402 g/mol. The molecule has 0 spiro atoms. The fraction of sp³-hybridized carbons (Fsp3) is 0.118. The molecule has 132 valence electrons. The quantitative estimate of drug-likeness (QED) is 0.387. The lowest BCUT2D eigenvalue weighted by Gasteiger charge is -1.97. The first-order valence-corrected chi connectivity index (χ1v) is 9.40. The predicted octanol–water partition coefficient (Wildman–Crippen LogP) is 4.93. The molecule has 2 N–H and O–H groups in total. The molecule has 2 heterocycles. The summed E-state index contributed by atoms with van der Waals surface area (Å²) >= 11 is 7.45. The van der Waals surface area contributed by atoms with Crippen LogP contribution in [0.2, 0.25) is 0 Å². The lowest BCUT2D eigenvalue weighted by Crippen LogP contribution is -1.84. The molecule has 0 saturated carbocycles. The highest BCUT2D eigenvalue weighted by Crippen LogP contribution is 2.33. The fourth-order valence-electron chi connectivity index (χ4n) is 2.27. The van der Waals surface area contributed by atoms with E-state index in [0.717, 1.165) is 31.9 Å². The van der Waals surface area contributed by atoms with Gasteiger partial charge in [-0.15, -0.1) is 0 Å². The van der Waals surface area contributed by atoms with Crippen LogP contribution in [0.15, 0.2) is 41.4 Å². The molecule has 0 atom stereocenters. The Balaban J connectivity index is 0.000000152. The molecule has 0 aliphatic rings. The molecule has 0 aliphatic carbocycles. The number of thiocarbonyl (C=S) groups is 1. The van der Waals surface area contributed by atoms with E-state index >= 15 is 0 Å². The normalized spacial score (nSPS) is 10.1. The minimum absolute atomic E-state index is 0.578. The molecule has 4 aromatic rings. The standard InChI is InChI=1S/C9H6N2OS2.C8H8N2OS/c1-12-6-3-2-4-7-8(6)11-9(14-7)10-5-13;1-11-5-3-2-4-6-7(5)10-8(9)12-6/h2-4H,1H3;2-4H,1H3,(H2,9,10). The van der Waals surface area contributed by atoms with E-state index in [9.17, 15) is 0 Å². The van der Waals surface area contributed by atoms with Gasteiger partial charge in [0, 0.05) is 0 Å². The van der Waals surface area contributed by atoms with Crippen molar-refractivity contribution in [3.8, 4) is 11.5 Å². The maximum absolute atomic E-state index is 5.57. The molecule has 0 fully saturated rings. The maximum atomic E-state index is 5.57. The number of hydrogen-bond acceptors (Lipinski definition) is 9. The van der Waals surface area contributed by atoms with E-state index in [4.69, 9.17) is 15.2 Å². The molecule has 0 bridgehead atoms. The van der Waals surface area contributed by atoms with Gasteiger partial charge in [0.15, 0.2) is 5.13 Å². The number of rotatable bonds is 3. The third-order valence-corrected chi connectivity index (χ3v) is 5.21. The number of nitrogens with two attached hydrogens (primary N) is 1. The van der Waals surface area contributed by atoms with Crippen LogP contribution in [0.1, 0.15) is 0 Å². The van der Waals surface area contributed by atoms with Crippen molar-refractivity contribution >= 4 is 70.7 Å². The van der Waals surface area contributed by atoms with Crippen molar-refractivity contribution in [2.24, 2.45) is 4.99 Å². The van der Waals surface area contributed by atoms with Crippen molar-refractivity contribution < 1.29 is 9.47 Å². The second-order valence-electron chi connectivity index (χ2n) is 4.87. The largest absolute Gasteiger partial charge is 0.494 e. The Morgan fingerprint density at radius 2 is 1.54 bits per heavy atom. The average molecular weight is 403 g/mol. The van der Waals surface area contributed by atoms with Crippen LogP contribution in [-0.4, -0.2) is 29.3 Å². The van der Waals surface area contributed by atoms with Crippen molar-refractivity contribution in [3.05, 3.63) is 36.4 Å². The third kappa shape index (κ3) is 3.81. The van der Waals surface area contributed by atoms with Crippen molar-refractivity contribution in [1.29, 1.82) is 0 Å². The minimum Gasteiger partial charge on any atom is -0.494 e. The van der Waals surface area contributed by atoms with Crippen LogP contribution in [0.5, 0.6) is 11.5 Å². The molecule has 0 unspecified atom stereocenters. The molecule has 0 amide bonds. The molecule has 0 radical (unpaired) electrons. The summed E-state index contributed by atoms with van der Waals surface area (Å²) in [7, 11) is 3.25. The summed E-state index contributed by atoms with van der Waals surface area (Å²) in [4.78, 5) is 12.3. The van der Waals surface area contributed by atoms with E-state index in [1.165, 1.54) is 22.7 Å². The number of thiazole rings is 2. The Kier molecular flexibility index (Phi) is 5.75. The zero-order valence-corrected chi connectivity index (χ0v) is 16.4. The molecule has 4 rings (SSSR count). The van der Waals surface area contributed by atoms with Crippen molar-refractivity contribution in [2.75, 3.05) is 20.0 Å². The lowest BCUT2D eigenvalue weighted by atomic mass is 10.3. The van der Waals surface area contributed by atoms with Gasteiger partial charge in [0.1, 0.15) is 22.5 Å². The number of anilines is 1. The number of fused-ring (bicyclic) bond motifs is 2. The molecule has 6 nitrogen and oxygen atoms in total. The smallest absolute Gasteiger partial charge is 0.219 e. The van der Waals surface area contributed by atoms with E-state index in [2.05, 4.69) is 32.3 Å². The Labute approximate surface area is 162 Å². The first-order valence-electron chi connectivity index (χ1n) is 7.36. The number of ether oxygens (including phenoxy) is 2. The van der Waals surface area contributed by atoms with Crippen molar-refractivity contribution in [3.63, 3.8) is 0 Å². The highest BCUT2D eigenvalue weighted by Gasteiger charge is 2.07. The third-order valence-electron chi connectivity index (χ3n) is 3.35. The number of nitrogens with zero attached hydrogens (tertiary/aromatic N) is 3. The van der Waals surface area contributed by atoms with Gasteiger partial charge in [0.05, 0.1) is 28.8 Å². The van der Waals surface area contributed by atoms with Gasteiger partial charge in [-0.1, -0.05) is 34.8 Å². The summed E-state index contributed by atoms with van der Waals surface area (Å²) < 4.78 is 12.4. The zero-order chi connectivity index (χ0) is 18.5. The maximum Gasteiger partial charge on any atom is 0.219 e. The molecular weight excluding hydrogens is 388 g/mol. The summed E-state index contributed by atoms with van der Waals surface area (Å²) in [5.74, 6) is 1.53. The van der Waals surface area contributed by atoms with E-state index in [1.54, 1.807) is 14.2 Å². The summed E-state index contributed by atoms with van der Waals surface area (Å²) in [5, 5.41) is 3.49. The van der Waals surface area contributed by atoms with Gasteiger partial charge < -0.3 is 15.2 Å². The van der Waals surface area contributed by atoms with Crippen LogP contribution in [0.25, 0.3) is 20.4 Å². The number of aromatic nitrogens is 2. The molecule has 0 saturated heterocycles. The molecule has 2 aromatic heterocycles. The highest BCUT2D eigenvalue weighted by molar-refractivity contribution is 7.78. The number of benzene rings is 2. The van der Waals surface area contributed by atoms with E-state index < -0.39 is 0 Å². The first kappa shape index (κ1) is 18.2. The number of methoxy groups -OCH3 is 2. The van der Waals surface area contributed by atoms with Gasteiger partial charge in [-0.2, -0.15) is 4.99 Å². The van der Waals surface area contributed by atoms with Gasteiger partial charge in [0.25, 0.3) is 0 Å². The van der Waals surface area contributed by atoms with Crippen LogP contribution in [0.3, 0.4) is 0 Å². The van der Waals surface area contributed by atoms with Crippen LogP contribution in [0.4, 0.5) is 10.3 Å². The summed E-state index contributed by atoms with van der Waals surface area (Å²) in [5.41, 5.74) is 7.24. The number of para-hydroxylation sites is 2. The SMILES string of the molecule is COc1cccc2sc(N)nc12.COc1cccc2sc(N=C=S)nc12. The van der Waals surface area contributed by atoms with Crippen LogP contribution >= 0.6 is 34.9 Å². The highest BCUT2D eigenvalue weighted by atomic mass is 32.1. The fourth-order valence-corrected chi connectivity index (χ4v) is 3.98. The summed E-state index contributed by atoms with van der Waals surface area (Å²) in [6, 6.07) is 11.5. The van der Waals surface area contributed by atoms with Gasteiger partial charge in [-0.25, -0.2) is 9.97 Å². The molecule has 9 heteroatoms. The first-order chi connectivity index (χ1) is 12.7. The van der Waals surface area contributed by atoms with Crippen LogP contribution in [0, 0.1) is 0 Å². The van der Waals surface area contributed by atoms with Crippen LogP contribution in [-0.2, 0) is 0 Å². The van der Waals surface area contributed by atoms with E-state index in [0.29, 0.717) is 10.3 Å². The Bertz CT molecular complexity index is 1100. The average Bonchev–Trinajstić information content (AvgIpc) is 3.23. The van der Waals surface area contributed by atoms with Crippen LogP contribution < -0.4 is 15.2 Å². The van der Waals surface area contributed by atoms with E-state index in [1.807, 2.05) is 36.4 Å². The Morgan fingerprint density at radius 3 is 2.12 bits per heavy atom. The Hall–Kier alpha value is -2.58. The second-order valence-corrected chi connectivity index (χ2v) is 7.12. The number of nitrogen functional groups attached to an aromatic ring is 1. The predicted molar refractivity (Wildman–Crippen MR) is 111 cm³/mol. The zero-order valence-electron chi connectivity index (χ0n) is 13.9. The van der Waals surface area contributed by atoms with E-state index in [-0.39, 0.29) is 0 Å². The Morgan fingerprint density at radius 1 is 0.962 bits per heavy atom. The number of hydrogen-bond donors (Lipinski definition) is 1. The minimum atomic E-state index is 0.578. The van der Waals surface area contributed by atoms with Gasteiger partial charge in [-0.3, -0.25) is 0 Å². The number of aliphatic imine (C=N–C) groups is 1. The molecule has 2 aromatic carbocycles. The molecule has 0 aliphatic heterocycles. The van der Waals surface area contributed by atoms with Crippen molar-refractivity contribution in [2.45, 2.75) is 0 Å².